The second-order valence-electron chi connectivity index (χ2n) is 5.04. The Balaban J connectivity index is 2.67. The Morgan fingerprint density at radius 1 is 1.46 bits per heavy atom. The number of rotatable bonds is 4. The molecule has 2 aromatic rings. The number of hydrogen-bond donors (Lipinski definition) is 2. The first-order valence-corrected chi connectivity index (χ1v) is 6.71. The minimum atomic E-state index is -0.516. The molecule has 0 fully saturated rings. The Hall–Kier alpha value is -3.85. The summed E-state index contributed by atoms with van der Waals surface area (Å²) in [7, 11) is 3.55. The molecule has 0 spiro atoms. The Morgan fingerprint density at radius 2 is 2.17 bits per heavy atom. The van der Waals surface area contributed by atoms with Crippen LogP contribution in [0.3, 0.4) is 0 Å². The number of nitro groups is 1. The van der Waals surface area contributed by atoms with Gasteiger partial charge in [0.25, 0.3) is 5.69 Å². The van der Waals surface area contributed by atoms with Gasteiger partial charge in [0, 0.05) is 37.5 Å². The van der Waals surface area contributed by atoms with E-state index in [0.29, 0.717) is 11.3 Å². The van der Waals surface area contributed by atoms with Crippen molar-refractivity contribution in [2.75, 3.05) is 24.7 Å². The molecule has 0 atom stereocenters. The van der Waals surface area contributed by atoms with Crippen LogP contribution in [0.2, 0.25) is 0 Å². The number of nitro benzene ring substituents is 1. The molecule has 0 unspecified atom stereocenters. The number of nitrogens with two attached hydrogens (primary N) is 1. The van der Waals surface area contributed by atoms with E-state index in [9.17, 15) is 15.4 Å². The molecule has 2 rings (SSSR count). The molecule has 1 heterocycles. The molecule has 0 aliphatic rings. The normalized spacial score (nSPS) is 10.8. The molecule has 1 aromatic carbocycles. The molecule has 0 radical (unpaired) electrons. The van der Waals surface area contributed by atoms with Gasteiger partial charge in [-0.25, -0.2) is 0 Å². The van der Waals surface area contributed by atoms with Crippen molar-refractivity contribution in [1.82, 2.24) is 10.2 Å². The molecule has 0 saturated carbocycles. The van der Waals surface area contributed by atoms with Crippen molar-refractivity contribution in [3.8, 4) is 12.1 Å². The van der Waals surface area contributed by atoms with Crippen molar-refractivity contribution in [2.45, 2.75) is 0 Å². The molecule has 24 heavy (non-hydrogen) atoms. The number of nitrogen functional groups attached to an aromatic ring is 1. The maximum absolute atomic E-state index is 11.0. The molecule has 9 nitrogen and oxygen atoms in total. The number of benzene rings is 1. The summed E-state index contributed by atoms with van der Waals surface area (Å²) in [5.41, 5.74) is 6.95. The third-order valence-corrected chi connectivity index (χ3v) is 3.30. The molecular formula is C15H13N7O2. The van der Waals surface area contributed by atoms with Gasteiger partial charge in [0.15, 0.2) is 5.82 Å². The van der Waals surface area contributed by atoms with Gasteiger partial charge in [-0.3, -0.25) is 15.2 Å². The van der Waals surface area contributed by atoms with Crippen LogP contribution in [-0.4, -0.2) is 29.2 Å². The lowest BCUT2D eigenvalue weighted by Crippen LogP contribution is -2.10. The van der Waals surface area contributed by atoms with Crippen LogP contribution in [0.5, 0.6) is 0 Å². The fourth-order valence-corrected chi connectivity index (χ4v) is 2.16. The second kappa shape index (κ2) is 6.50. The van der Waals surface area contributed by atoms with E-state index in [1.165, 1.54) is 18.2 Å². The number of nitrogens with one attached hydrogen (secondary N) is 1. The molecule has 0 bridgehead atoms. The van der Waals surface area contributed by atoms with E-state index in [2.05, 4.69) is 10.2 Å². The number of non-ortho nitro benzene ring substituents is 1. The van der Waals surface area contributed by atoms with Gasteiger partial charge < -0.3 is 10.6 Å². The van der Waals surface area contributed by atoms with Gasteiger partial charge in [-0.2, -0.15) is 15.6 Å². The molecule has 0 aliphatic carbocycles. The molecule has 1 aromatic heterocycles. The van der Waals surface area contributed by atoms with Gasteiger partial charge in [-0.1, -0.05) is 0 Å². The zero-order valence-corrected chi connectivity index (χ0v) is 12.9. The summed E-state index contributed by atoms with van der Waals surface area (Å²) < 4.78 is 0. The molecule has 0 amide bonds. The van der Waals surface area contributed by atoms with Crippen molar-refractivity contribution < 1.29 is 4.92 Å². The van der Waals surface area contributed by atoms with E-state index in [0.717, 1.165) is 0 Å². The number of allylic oxidation sites excluding steroid dienone is 1. The van der Waals surface area contributed by atoms with Crippen LogP contribution in [0.15, 0.2) is 18.2 Å². The predicted octanol–water partition coefficient (Wildman–Crippen LogP) is 1.90. The van der Waals surface area contributed by atoms with Gasteiger partial charge in [0.05, 0.1) is 16.2 Å². The standard InChI is InChI=1S/C15H13N7O2/c1-21(2)13-4-3-11(22(23)24)6-9(13)5-10(7-16)14-12(8-17)15(18)20-19-14/h3-6H,1-2H3,(H3,18,19,20). The van der Waals surface area contributed by atoms with E-state index >= 15 is 0 Å². The smallest absolute Gasteiger partial charge is 0.270 e. The summed E-state index contributed by atoms with van der Waals surface area (Å²) in [6.07, 6.45) is 1.45. The molecule has 0 saturated heterocycles. The number of nitrogens with zero attached hydrogens (tertiary/aromatic N) is 5. The fourth-order valence-electron chi connectivity index (χ4n) is 2.16. The maximum Gasteiger partial charge on any atom is 0.270 e. The molecule has 120 valence electrons. The predicted molar refractivity (Wildman–Crippen MR) is 88.6 cm³/mol. The Morgan fingerprint density at radius 3 is 2.71 bits per heavy atom. The lowest BCUT2D eigenvalue weighted by Gasteiger charge is -2.15. The highest BCUT2D eigenvalue weighted by molar-refractivity contribution is 5.93. The summed E-state index contributed by atoms with van der Waals surface area (Å²) in [4.78, 5) is 12.2. The highest BCUT2D eigenvalue weighted by atomic mass is 16.6. The summed E-state index contributed by atoms with van der Waals surface area (Å²) in [5.74, 6) is -0.0134. The van der Waals surface area contributed by atoms with E-state index < -0.39 is 4.92 Å². The first kappa shape index (κ1) is 16.5. The fraction of sp³-hybridized carbons (Fsp3) is 0.133. The molecular weight excluding hydrogens is 310 g/mol. The largest absolute Gasteiger partial charge is 0.381 e. The van der Waals surface area contributed by atoms with E-state index in [1.54, 1.807) is 25.1 Å². The van der Waals surface area contributed by atoms with Crippen LogP contribution in [0.4, 0.5) is 17.2 Å². The number of nitriles is 2. The Kier molecular flexibility index (Phi) is 4.47. The van der Waals surface area contributed by atoms with E-state index in [4.69, 9.17) is 11.0 Å². The minimum absolute atomic E-state index is 0.0134. The van der Waals surface area contributed by atoms with Gasteiger partial charge >= 0.3 is 0 Å². The SMILES string of the molecule is CN(C)c1ccc([N+](=O)[O-])cc1C=C(C#N)c1[nH]nc(N)c1C#N. The van der Waals surface area contributed by atoms with Gasteiger partial charge in [-0.05, 0) is 12.1 Å². The summed E-state index contributed by atoms with van der Waals surface area (Å²) in [6, 6.07) is 8.18. The number of aromatic amines is 1. The number of H-pyrrole nitrogens is 1. The lowest BCUT2D eigenvalue weighted by molar-refractivity contribution is -0.384. The van der Waals surface area contributed by atoms with Crippen molar-refractivity contribution in [3.05, 3.63) is 45.1 Å². The first-order valence-electron chi connectivity index (χ1n) is 6.71. The van der Waals surface area contributed by atoms with Gasteiger partial charge in [0.2, 0.25) is 0 Å². The van der Waals surface area contributed by atoms with Crippen LogP contribution >= 0.6 is 0 Å². The topological polar surface area (TPSA) is 149 Å². The summed E-state index contributed by atoms with van der Waals surface area (Å²) in [6.45, 7) is 0. The average molecular weight is 323 g/mol. The minimum Gasteiger partial charge on any atom is -0.381 e. The van der Waals surface area contributed by atoms with Crippen LogP contribution in [0.1, 0.15) is 16.8 Å². The van der Waals surface area contributed by atoms with Crippen LogP contribution < -0.4 is 10.6 Å². The van der Waals surface area contributed by atoms with Crippen LogP contribution in [0.25, 0.3) is 11.6 Å². The van der Waals surface area contributed by atoms with Crippen molar-refractivity contribution in [3.63, 3.8) is 0 Å². The zero-order chi connectivity index (χ0) is 17.9. The van der Waals surface area contributed by atoms with Crippen LogP contribution in [0, 0.1) is 32.8 Å². The van der Waals surface area contributed by atoms with E-state index in [-0.39, 0.29) is 28.3 Å². The van der Waals surface area contributed by atoms with E-state index in [1.807, 2.05) is 12.1 Å². The number of anilines is 2. The quantitative estimate of drug-likeness (QED) is 0.495. The molecule has 3 N–H and O–H groups in total. The lowest BCUT2D eigenvalue weighted by atomic mass is 10.0. The monoisotopic (exact) mass is 323 g/mol. The Labute approximate surface area is 137 Å². The third kappa shape index (κ3) is 3.00. The highest BCUT2D eigenvalue weighted by Crippen LogP contribution is 2.29. The number of aromatic nitrogens is 2. The van der Waals surface area contributed by atoms with Crippen molar-refractivity contribution in [2.24, 2.45) is 0 Å². The third-order valence-electron chi connectivity index (χ3n) is 3.30. The number of hydrogen-bond acceptors (Lipinski definition) is 7. The van der Waals surface area contributed by atoms with Crippen LogP contribution in [-0.2, 0) is 0 Å². The Bertz CT molecular complexity index is 913. The summed E-state index contributed by atoms with van der Waals surface area (Å²) >= 11 is 0. The van der Waals surface area contributed by atoms with Gasteiger partial charge in [-0.15, -0.1) is 0 Å². The highest BCUT2D eigenvalue weighted by Gasteiger charge is 2.17. The summed E-state index contributed by atoms with van der Waals surface area (Å²) in [5, 5.41) is 35.8. The van der Waals surface area contributed by atoms with Crippen molar-refractivity contribution >= 4 is 28.8 Å². The first-order chi connectivity index (χ1) is 11.4. The average Bonchev–Trinajstić information content (AvgIpc) is 2.92. The molecule has 0 aliphatic heterocycles. The van der Waals surface area contributed by atoms with Crippen molar-refractivity contribution in [1.29, 1.82) is 10.5 Å². The van der Waals surface area contributed by atoms with Gasteiger partial charge in [0.1, 0.15) is 17.7 Å². The molecule has 9 heteroatoms. The second-order valence-corrected chi connectivity index (χ2v) is 5.04. The maximum atomic E-state index is 11.0. The zero-order valence-electron chi connectivity index (χ0n) is 12.9.